The molecule has 0 aromatic heterocycles. The Morgan fingerprint density at radius 3 is 1.59 bits per heavy atom. The number of nitrogens with zero attached hydrogens (tertiary/aromatic N) is 2. The van der Waals surface area contributed by atoms with Crippen LogP contribution in [0.3, 0.4) is 0 Å². The standard InChI is InChI=1S/C12H16O2.C10H19NO2.C8H16O4.C7H15NO2/c1-10(2)14-12(13)9-8-11-6-4-3-5-7-11;1-9(2)13-10(12)8-11-6-4-3-5-7-11;1-6(2)12-7(11)8(3,4-9)5-10;1-6(2)10-7(9)5-8(3)4/h3-7,10H,8-9H2,1-2H3;9H,3-8H2,1-2H3;6,9-10H,4-5H2,1-3H3;6H,5H2,1-4H3. The van der Waals surface area contributed by atoms with Crippen LogP contribution < -0.4 is 0 Å². The molecule has 2 N–H and O–H groups in total. The Morgan fingerprint density at radius 2 is 1.16 bits per heavy atom. The second-order valence-electron chi connectivity index (χ2n) is 13.5. The molecule has 12 nitrogen and oxygen atoms in total. The fourth-order valence-electron chi connectivity index (χ4n) is 3.91. The van der Waals surface area contributed by atoms with Crippen molar-refractivity contribution in [2.45, 2.75) is 119 Å². The summed E-state index contributed by atoms with van der Waals surface area (Å²) in [6, 6.07) is 9.95. The van der Waals surface area contributed by atoms with Crippen molar-refractivity contribution in [1.82, 2.24) is 9.80 Å². The van der Waals surface area contributed by atoms with Crippen molar-refractivity contribution in [3.63, 3.8) is 0 Å². The minimum absolute atomic E-state index is 0.00699. The predicted molar refractivity (Wildman–Crippen MR) is 191 cm³/mol. The highest BCUT2D eigenvalue weighted by Gasteiger charge is 2.34. The number of aliphatic hydroxyl groups excluding tert-OH is 2. The van der Waals surface area contributed by atoms with Crippen LogP contribution in [0, 0.1) is 5.41 Å². The van der Waals surface area contributed by atoms with Gasteiger partial charge in [0.25, 0.3) is 0 Å². The van der Waals surface area contributed by atoms with Gasteiger partial charge in [-0.25, -0.2) is 0 Å². The Balaban J connectivity index is 0. The predicted octanol–water partition coefficient (Wildman–Crippen LogP) is 4.42. The monoisotopic (exact) mass is 698 g/mol. The van der Waals surface area contributed by atoms with Crippen LogP contribution in [-0.4, -0.2) is 122 Å². The quantitative estimate of drug-likeness (QED) is 0.209. The summed E-state index contributed by atoms with van der Waals surface area (Å²) >= 11 is 0. The van der Waals surface area contributed by atoms with E-state index in [1.165, 1.54) is 31.7 Å². The average molecular weight is 699 g/mol. The van der Waals surface area contributed by atoms with E-state index in [0.717, 1.165) is 19.5 Å². The summed E-state index contributed by atoms with van der Waals surface area (Å²) in [5, 5.41) is 17.6. The van der Waals surface area contributed by atoms with Crippen molar-refractivity contribution < 1.29 is 48.3 Å². The van der Waals surface area contributed by atoms with Gasteiger partial charge in [0.2, 0.25) is 0 Å². The van der Waals surface area contributed by atoms with Crippen molar-refractivity contribution in [1.29, 1.82) is 0 Å². The second kappa shape index (κ2) is 27.7. The van der Waals surface area contributed by atoms with Crippen LogP contribution in [0.2, 0.25) is 0 Å². The maximum Gasteiger partial charge on any atom is 0.320 e. The third kappa shape index (κ3) is 28.5. The maximum absolute atomic E-state index is 11.3. The third-order valence-corrected chi connectivity index (χ3v) is 6.34. The molecule has 0 amide bonds. The van der Waals surface area contributed by atoms with Crippen LogP contribution in [0.15, 0.2) is 30.3 Å². The van der Waals surface area contributed by atoms with Crippen molar-refractivity contribution >= 4 is 23.9 Å². The van der Waals surface area contributed by atoms with Crippen LogP contribution in [-0.2, 0) is 44.5 Å². The fourth-order valence-corrected chi connectivity index (χ4v) is 3.91. The number of carbonyl (C=O) groups is 4. The highest BCUT2D eigenvalue weighted by atomic mass is 16.6. The summed E-state index contributed by atoms with van der Waals surface area (Å²) in [4.78, 5) is 48.4. The van der Waals surface area contributed by atoms with E-state index in [-0.39, 0.29) is 42.3 Å². The van der Waals surface area contributed by atoms with Crippen molar-refractivity contribution in [3.8, 4) is 0 Å². The Labute approximate surface area is 295 Å². The van der Waals surface area contributed by atoms with Crippen LogP contribution in [0.1, 0.15) is 93.6 Å². The number of hydrogen-bond donors (Lipinski definition) is 2. The van der Waals surface area contributed by atoms with Crippen LogP contribution in [0.4, 0.5) is 0 Å². The van der Waals surface area contributed by atoms with Crippen molar-refractivity contribution in [3.05, 3.63) is 35.9 Å². The van der Waals surface area contributed by atoms with Gasteiger partial charge in [-0.05, 0) is 114 Å². The molecule has 0 aliphatic carbocycles. The lowest BCUT2D eigenvalue weighted by atomic mass is 9.93. The molecule has 0 spiro atoms. The van der Waals surface area contributed by atoms with Gasteiger partial charge >= 0.3 is 23.9 Å². The van der Waals surface area contributed by atoms with Gasteiger partial charge in [-0.1, -0.05) is 36.8 Å². The van der Waals surface area contributed by atoms with Gasteiger partial charge in [-0.2, -0.15) is 0 Å². The molecule has 12 heteroatoms. The molecule has 284 valence electrons. The van der Waals surface area contributed by atoms with Crippen LogP contribution in [0.5, 0.6) is 0 Å². The maximum atomic E-state index is 11.3. The number of likely N-dealkylation sites (N-methyl/N-ethyl adjacent to an activating group) is 1. The smallest absolute Gasteiger partial charge is 0.320 e. The average Bonchev–Trinajstić information content (AvgIpc) is 2.99. The van der Waals surface area contributed by atoms with E-state index in [0.29, 0.717) is 19.5 Å². The van der Waals surface area contributed by atoms with E-state index in [9.17, 15) is 19.2 Å². The van der Waals surface area contributed by atoms with Crippen LogP contribution >= 0.6 is 0 Å². The Morgan fingerprint density at radius 1 is 0.714 bits per heavy atom. The van der Waals surface area contributed by atoms with Crippen LogP contribution in [0.25, 0.3) is 0 Å². The zero-order chi connectivity index (χ0) is 38.0. The lowest BCUT2D eigenvalue weighted by Crippen LogP contribution is -2.38. The lowest BCUT2D eigenvalue weighted by molar-refractivity contribution is -0.164. The zero-order valence-corrected chi connectivity index (χ0v) is 32.0. The molecule has 0 unspecified atom stereocenters. The minimum Gasteiger partial charge on any atom is -0.463 e. The molecule has 0 atom stereocenters. The molecule has 0 saturated carbocycles. The number of aliphatic hydroxyl groups is 2. The molecule has 1 aromatic carbocycles. The number of likely N-dealkylation sites (tertiary alicyclic amines) is 1. The molecular weight excluding hydrogens is 632 g/mol. The van der Waals surface area contributed by atoms with Crippen molar-refractivity contribution in [2.75, 3.05) is 53.5 Å². The number of hydrogen-bond acceptors (Lipinski definition) is 12. The first kappa shape index (κ1) is 48.1. The molecule has 1 saturated heterocycles. The van der Waals surface area contributed by atoms with E-state index in [1.54, 1.807) is 18.7 Å². The van der Waals surface area contributed by atoms with Gasteiger partial charge in [-0.3, -0.25) is 29.0 Å². The molecule has 1 aromatic rings. The Hall–Kier alpha value is -3.06. The Kier molecular flexibility index (Phi) is 27.2. The first-order chi connectivity index (χ1) is 22.8. The van der Waals surface area contributed by atoms with Gasteiger partial charge in [0, 0.05) is 6.42 Å². The molecule has 1 fully saturated rings. The number of piperidine rings is 1. The van der Waals surface area contributed by atoms with Gasteiger partial charge in [0.15, 0.2) is 0 Å². The summed E-state index contributed by atoms with van der Waals surface area (Å²) in [5.74, 6) is -0.941. The van der Waals surface area contributed by atoms with E-state index in [2.05, 4.69) is 4.90 Å². The molecule has 2 rings (SSSR count). The highest BCUT2D eigenvalue weighted by Crippen LogP contribution is 2.17. The van der Waals surface area contributed by atoms with Gasteiger partial charge in [0.1, 0.15) is 5.41 Å². The fraction of sp³-hybridized carbons (Fsp3) is 0.730. The van der Waals surface area contributed by atoms with E-state index in [4.69, 9.17) is 29.2 Å². The molecule has 0 radical (unpaired) electrons. The number of aryl methyl sites for hydroxylation is 1. The number of benzene rings is 1. The van der Waals surface area contributed by atoms with Gasteiger partial charge in [-0.15, -0.1) is 0 Å². The molecule has 0 bridgehead atoms. The summed E-state index contributed by atoms with van der Waals surface area (Å²) in [7, 11) is 3.67. The summed E-state index contributed by atoms with van der Waals surface area (Å²) < 4.78 is 19.8. The second-order valence-corrected chi connectivity index (χ2v) is 13.5. The van der Waals surface area contributed by atoms with Gasteiger partial charge < -0.3 is 29.2 Å². The number of esters is 4. The minimum atomic E-state index is -1.18. The normalized spacial score (nSPS) is 13.0. The topological polar surface area (TPSA) is 152 Å². The number of rotatable bonds is 14. The molecule has 1 heterocycles. The Bertz CT molecular complexity index is 1010. The molecular formula is C37H66N2O10. The molecule has 49 heavy (non-hydrogen) atoms. The number of ether oxygens (including phenoxy) is 4. The zero-order valence-electron chi connectivity index (χ0n) is 32.0. The summed E-state index contributed by atoms with van der Waals surface area (Å²) in [6.45, 7) is 18.2. The summed E-state index contributed by atoms with van der Waals surface area (Å²) in [5.41, 5.74) is -0.00205. The largest absolute Gasteiger partial charge is 0.463 e. The van der Waals surface area contributed by atoms with E-state index < -0.39 is 24.6 Å². The van der Waals surface area contributed by atoms with E-state index in [1.807, 2.05) is 86.0 Å². The number of carbonyl (C=O) groups excluding carboxylic acids is 4. The first-order valence-electron chi connectivity index (χ1n) is 17.3. The highest BCUT2D eigenvalue weighted by molar-refractivity contribution is 5.76. The third-order valence-electron chi connectivity index (χ3n) is 6.34. The lowest BCUT2D eigenvalue weighted by Gasteiger charge is -2.25. The van der Waals surface area contributed by atoms with Crippen molar-refractivity contribution in [2.24, 2.45) is 5.41 Å². The molecule has 1 aliphatic heterocycles. The SMILES string of the molecule is CC(C)OC(=O)C(C)(CO)CO.CC(C)OC(=O)CCc1ccccc1.CC(C)OC(=O)CN(C)C.CC(C)OC(=O)CN1CCCCC1. The van der Waals surface area contributed by atoms with E-state index >= 15 is 0 Å². The van der Waals surface area contributed by atoms with Gasteiger partial charge in [0.05, 0.1) is 50.7 Å². The first-order valence-corrected chi connectivity index (χ1v) is 17.3. The molecule has 1 aliphatic rings. The summed E-state index contributed by atoms with van der Waals surface area (Å²) in [6.07, 6.45) is 4.71.